The summed E-state index contributed by atoms with van der Waals surface area (Å²) in [6.45, 7) is 3.67. The summed E-state index contributed by atoms with van der Waals surface area (Å²) in [5, 5.41) is 0. The van der Waals surface area contributed by atoms with Crippen LogP contribution in [0.25, 0.3) is 0 Å². The molecule has 2 N–H and O–H groups in total. The normalized spacial score (nSPS) is 22.9. The van der Waals surface area contributed by atoms with Gasteiger partial charge in [0.05, 0.1) is 6.04 Å². The zero-order valence-electron chi connectivity index (χ0n) is 8.05. The molecule has 1 aliphatic rings. The van der Waals surface area contributed by atoms with E-state index in [1.807, 2.05) is 0 Å². The van der Waals surface area contributed by atoms with Crippen molar-refractivity contribution in [3.05, 3.63) is 0 Å². The second-order valence-corrected chi connectivity index (χ2v) is 4.15. The fraction of sp³-hybridized carbons (Fsp3) is 0.900. The summed E-state index contributed by atoms with van der Waals surface area (Å²) in [6.07, 6.45) is 5.19. The first-order valence-corrected chi connectivity index (χ1v) is 4.87. The molecule has 70 valence electrons. The number of Topliss-reactive ketones (excluding diaryl/α,β-unsaturated/α-hetero) is 1. The van der Waals surface area contributed by atoms with Crippen LogP contribution in [-0.4, -0.2) is 11.8 Å². The van der Waals surface area contributed by atoms with Crippen molar-refractivity contribution in [3.8, 4) is 0 Å². The van der Waals surface area contributed by atoms with Crippen molar-refractivity contribution < 1.29 is 4.79 Å². The van der Waals surface area contributed by atoms with E-state index in [0.29, 0.717) is 5.92 Å². The molecule has 0 aliphatic heterocycles. The Bertz CT molecular complexity index is 163. The fourth-order valence-electron chi connectivity index (χ4n) is 1.80. The first-order valence-electron chi connectivity index (χ1n) is 4.87. The lowest BCUT2D eigenvalue weighted by atomic mass is 9.77. The fourth-order valence-corrected chi connectivity index (χ4v) is 1.80. The molecule has 0 aromatic carbocycles. The second-order valence-electron chi connectivity index (χ2n) is 4.15. The molecule has 0 amide bonds. The quantitative estimate of drug-likeness (QED) is 0.696. The van der Waals surface area contributed by atoms with Gasteiger partial charge in [0.1, 0.15) is 5.78 Å². The summed E-state index contributed by atoms with van der Waals surface area (Å²) in [7, 11) is 0. The molecule has 1 aliphatic carbocycles. The number of nitrogens with two attached hydrogens (primary N) is 1. The second kappa shape index (κ2) is 4.04. The van der Waals surface area contributed by atoms with Crippen molar-refractivity contribution in [3.63, 3.8) is 0 Å². The molecular formula is C10H19NO. The van der Waals surface area contributed by atoms with Crippen LogP contribution >= 0.6 is 0 Å². The lowest BCUT2D eigenvalue weighted by molar-refractivity contribution is -0.119. The minimum atomic E-state index is -0.231. The molecule has 0 aromatic rings. The van der Waals surface area contributed by atoms with Gasteiger partial charge in [0, 0.05) is 0 Å². The smallest absolute Gasteiger partial charge is 0.146 e. The van der Waals surface area contributed by atoms with Crippen LogP contribution < -0.4 is 5.73 Å². The van der Waals surface area contributed by atoms with Crippen molar-refractivity contribution in [2.75, 3.05) is 0 Å². The highest BCUT2D eigenvalue weighted by Gasteiger charge is 2.24. The molecule has 1 fully saturated rings. The number of hydrogen-bond donors (Lipinski definition) is 1. The van der Waals surface area contributed by atoms with Gasteiger partial charge in [-0.25, -0.2) is 0 Å². The Kier molecular flexibility index (Phi) is 3.27. The van der Waals surface area contributed by atoms with Crippen molar-refractivity contribution in [2.24, 2.45) is 17.6 Å². The molecule has 2 atom stereocenters. The van der Waals surface area contributed by atoms with E-state index >= 15 is 0 Å². The summed E-state index contributed by atoms with van der Waals surface area (Å²) >= 11 is 0. The molecule has 2 nitrogen and oxygen atoms in total. The zero-order valence-corrected chi connectivity index (χ0v) is 8.05. The Morgan fingerprint density at radius 3 is 2.50 bits per heavy atom. The van der Waals surface area contributed by atoms with E-state index in [9.17, 15) is 4.79 Å². The molecule has 0 aromatic heterocycles. The maximum atomic E-state index is 10.9. The molecule has 0 saturated heterocycles. The summed E-state index contributed by atoms with van der Waals surface area (Å²) < 4.78 is 0. The van der Waals surface area contributed by atoms with Crippen LogP contribution in [0.15, 0.2) is 0 Å². The Morgan fingerprint density at radius 2 is 2.17 bits per heavy atom. The minimum Gasteiger partial charge on any atom is -0.321 e. The molecule has 0 heterocycles. The van der Waals surface area contributed by atoms with Crippen LogP contribution in [0.3, 0.4) is 0 Å². The van der Waals surface area contributed by atoms with E-state index < -0.39 is 0 Å². The molecular weight excluding hydrogens is 150 g/mol. The van der Waals surface area contributed by atoms with Gasteiger partial charge in [-0.3, -0.25) is 4.79 Å². The van der Waals surface area contributed by atoms with Gasteiger partial charge in [-0.1, -0.05) is 26.2 Å². The predicted octanol–water partition coefficient (Wildman–Crippen LogP) is 1.73. The summed E-state index contributed by atoms with van der Waals surface area (Å²) in [4.78, 5) is 10.9. The Labute approximate surface area is 74.5 Å². The largest absolute Gasteiger partial charge is 0.321 e. The minimum absolute atomic E-state index is 0.127. The van der Waals surface area contributed by atoms with Crippen LogP contribution in [0.1, 0.15) is 39.5 Å². The van der Waals surface area contributed by atoms with E-state index in [0.717, 1.165) is 12.3 Å². The topological polar surface area (TPSA) is 43.1 Å². The first-order chi connectivity index (χ1) is 5.61. The molecule has 0 unspecified atom stereocenters. The lowest BCUT2D eigenvalue weighted by Gasteiger charge is -2.29. The molecule has 0 radical (unpaired) electrons. The van der Waals surface area contributed by atoms with Gasteiger partial charge in [0.25, 0.3) is 0 Å². The van der Waals surface area contributed by atoms with Crippen molar-refractivity contribution in [2.45, 2.75) is 45.6 Å². The summed E-state index contributed by atoms with van der Waals surface area (Å²) in [5.74, 6) is 1.35. The molecule has 0 spiro atoms. The van der Waals surface area contributed by atoms with E-state index in [4.69, 9.17) is 5.73 Å². The lowest BCUT2D eigenvalue weighted by Crippen LogP contribution is -2.36. The van der Waals surface area contributed by atoms with E-state index in [2.05, 4.69) is 6.92 Å². The number of carbonyl (C=O) groups is 1. The third-order valence-electron chi connectivity index (χ3n) is 3.01. The average Bonchev–Trinajstić information content (AvgIpc) is 1.94. The maximum Gasteiger partial charge on any atom is 0.146 e. The maximum absolute atomic E-state index is 10.9. The first kappa shape index (κ1) is 9.72. The predicted molar refractivity (Wildman–Crippen MR) is 49.8 cm³/mol. The van der Waals surface area contributed by atoms with E-state index in [-0.39, 0.29) is 11.8 Å². The number of ketones is 1. The van der Waals surface area contributed by atoms with Gasteiger partial charge in [-0.2, -0.15) is 0 Å². The average molecular weight is 169 g/mol. The standard InChI is InChI=1S/C10H19NO/c1-7(10(11)8(2)12)6-9-4-3-5-9/h7,9-10H,3-6,11H2,1-2H3/t7-,10-/m1/s1. The highest BCUT2D eigenvalue weighted by molar-refractivity contribution is 5.81. The van der Waals surface area contributed by atoms with Crippen LogP contribution in [0, 0.1) is 11.8 Å². The zero-order chi connectivity index (χ0) is 9.14. The van der Waals surface area contributed by atoms with Crippen LogP contribution in [0.4, 0.5) is 0 Å². The van der Waals surface area contributed by atoms with Crippen molar-refractivity contribution >= 4 is 5.78 Å². The molecule has 1 saturated carbocycles. The Balaban J connectivity index is 2.25. The Hall–Kier alpha value is -0.370. The third kappa shape index (κ3) is 2.31. The van der Waals surface area contributed by atoms with Gasteiger partial charge >= 0.3 is 0 Å². The number of carbonyl (C=O) groups excluding carboxylic acids is 1. The van der Waals surface area contributed by atoms with Crippen LogP contribution in [0.5, 0.6) is 0 Å². The molecule has 12 heavy (non-hydrogen) atoms. The summed E-state index contributed by atoms with van der Waals surface area (Å²) in [5.41, 5.74) is 5.74. The monoisotopic (exact) mass is 169 g/mol. The molecule has 2 heteroatoms. The van der Waals surface area contributed by atoms with Gasteiger partial charge in [0.15, 0.2) is 0 Å². The SMILES string of the molecule is CC(=O)[C@H](N)[C@H](C)CC1CCC1. The van der Waals surface area contributed by atoms with Gasteiger partial charge in [0.2, 0.25) is 0 Å². The molecule has 0 bridgehead atoms. The van der Waals surface area contributed by atoms with Gasteiger partial charge in [-0.05, 0) is 25.2 Å². The van der Waals surface area contributed by atoms with Crippen LogP contribution in [-0.2, 0) is 4.79 Å². The number of rotatable bonds is 4. The number of hydrogen-bond acceptors (Lipinski definition) is 2. The third-order valence-corrected chi connectivity index (χ3v) is 3.01. The Morgan fingerprint density at radius 1 is 1.58 bits per heavy atom. The highest BCUT2D eigenvalue weighted by Crippen LogP contribution is 2.32. The van der Waals surface area contributed by atoms with Crippen LogP contribution in [0.2, 0.25) is 0 Å². The highest BCUT2D eigenvalue weighted by atomic mass is 16.1. The van der Waals surface area contributed by atoms with E-state index in [1.54, 1.807) is 6.92 Å². The summed E-state index contributed by atoms with van der Waals surface area (Å²) in [6, 6.07) is -0.231. The van der Waals surface area contributed by atoms with Crippen molar-refractivity contribution in [1.82, 2.24) is 0 Å². The van der Waals surface area contributed by atoms with Gasteiger partial charge in [-0.15, -0.1) is 0 Å². The molecule has 1 rings (SSSR count). The van der Waals surface area contributed by atoms with Gasteiger partial charge < -0.3 is 5.73 Å². The van der Waals surface area contributed by atoms with Crippen molar-refractivity contribution in [1.29, 1.82) is 0 Å². The van der Waals surface area contributed by atoms with E-state index in [1.165, 1.54) is 19.3 Å².